The van der Waals surface area contributed by atoms with Crippen LogP contribution in [0.5, 0.6) is 5.75 Å². The second-order valence-corrected chi connectivity index (χ2v) is 5.31. The molecule has 1 aliphatic carbocycles. The van der Waals surface area contributed by atoms with Crippen LogP contribution < -0.4 is 15.4 Å². The molecule has 0 radical (unpaired) electrons. The van der Waals surface area contributed by atoms with Gasteiger partial charge in [0.2, 0.25) is 0 Å². The average Bonchev–Trinajstić information content (AvgIpc) is 3.22. The standard InChI is InChI=1S/C16H25N3O/c1-4-6-13-10-15(13)19-16(17-2)18-11-12-7-5-8-14(9-12)20-3/h5,7-9,13,15H,4,6,10-11H2,1-3H3,(H2,17,18,19). The van der Waals surface area contributed by atoms with E-state index in [0.29, 0.717) is 6.04 Å². The van der Waals surface area contributed by atoms with Crippen LogP contribution in [0.3, 0.4) is 0 Å². The van der Waals surface area contributed by atoms with Crippen LogP contribution in [0.2, 0.25) is 0 Å². The van der Waals surface area contributed by atoms with E-state index in [9.17, 15) is 0 Å². The lowest BCUT2D eigenvalue weighted by Gasteiger charge is -2.12. The Hall–Kier alpha value is -1.71. The van der Waals surface area contributed by atoms with Gasteiger partial charge >= 0.3 is 0 Å². The third kappa shape index (κ3) is 4.15. The summed E-state index contributed by atoms with van der Waals surface area (Å²) in [4.78, 5) is 4.28. The summed E-state index contributed by atoms with van der Waals surface area (Å²) in [6.07, 6.45) is 3.84. The predicted octanol–water partition coefficient (Wildman–Crippen LogP) is 2.55. The summed E-state index contributed by atoms with van der Waals surface area (Å²) in [6, 6.07) is 8.68. The van der Waals surface area contributed by atoms with Crippen LogP contribution in [0.4, 0.5) is 0 Å². The van der Waals surface area contributed by atoms with E-state index in [4.69, 9.17) is 4.74 Å². The number of hydrogen-bond donors (Lipinski definition) is 2. The van der Waals surface area contributed by atoms with Crippen LogP contribution in [0.15, 0.2) is 29.3 Å². The van der Waals surface area contributed by atoms with Gasteiger partial charge in [-0.1, -0.05) is 25.5 Å². The molecular formula is C16H25N3O. The molecule has 0 heterocycles. The normalized spacial score (nSPS) is 21.4. The van der Waals surface area contributed by atoms with E-state index in [1.807, 2.05) is 25.2 Å². The van der Waals surface area contributed by atoms with Gasteiger partial charge in [-0.15, -0.1) is 0 Å². The Morgan fingerprint density at radius 3 is 3.00 bits per heavy atom. The molecule has 0 saturated heterocycles. The highest BCUT2D eigenvalue weighted by molar-refractivity contribution is 5.80. The second-order valence-electron chi connectivity index (χ2n) is 5.31. The highest BCUT2D eigenvalue weighted by atomic mass is 16.5. The van der Waals surface area contributed by atoms with Crippen molar-refractivity contribution < 1.29 is 4.74 Å². The van der Waals surface area contributed by atoms with Gasteiger partial charge < -0.3 is 15.4 Å². The van der Waals surface area contributed by atoms with Gasteiger partial charge in [0.1, 0.15) is 5.75 Å². The van der Waals surface area contributed by atoms with E-state index < -0.39 is 0 Å². The van der Waals surface area contributed by atoms with Crippen LogP contribution in [-0.2, 0) is 6.54 Å². The maximum atomic E-state index is 5.23. The molecule has 2 N–H and O–H groups in total. The van der Waals surface area contributed by atoms with Crippen molar-refractivity contribution in [2.24, 2.45) is 10.9 Å². The van der Waals surface area contributed by atoms with Crippen molar-refractivity contribution in [3.05, 3.63) is 29.8 Å². The first kappa shape index (κ1) is 14.7. The highest BCUT2D eigenvalue weighted by Crippen LogP contribution is 2.34. The lowest BCUT2D eigenvalue weighted by molar-refractivity contribution is 0.414. The summed E-state index contributed by atoms with van der Waals surface area (Å²) < 4.78 is 5.23. The van der Waals surface area contributed by atoms with Crippen molar-refractivity contribution >= 4 is 5.96 Å². The fourth-order valence-corrected chi connectivity index (χ4v) is 2.45. The van der Waals surface area contributed by atoms with Crippen molar-refractivity contribution in [2.45, 2.75) is 38.8 Å². The Bertz CT molecular complexity index is 459. The van der Waals surface area contributed by atoms with Gasteiger partial charge in [0.25, 0.3) is 0 Å². The molecule has 4 heteroatoms. The van der Waals surface area contributed by atoms with Crippen molar-refractivity contribution in [1.82, 2.24) is 10.6 Å². The number of benzene rings is 1. The first-order valence-corrected chi connectivity index (χ1v) is 7.37. The van der Waals surface area contributed by atoms with Crippen LogP contribution >= 0.6 is 0 Å². The topological polar surface area (TPSA) is 45.7 Å². The van der Waals surface area contributed by atoms with Gasteiger partial charge in [0, 0.05) is 19.6 Å². The Morgan fingerprint density at radius 2 is 2.30 bits per heavy atom. The number of methoxy groups -OCH3 is 1. The third-order valence-electron chi connectivity index (χ3n) is 3.72. The van der Waals surface area contributed by atoms with Crippen LogP contribution in [0.1, 0.15) is 31.7 Å². The number of rotatable bonds is 6. The van der Waals surface area contributed by atoms with E-state index >= 15 is 0 Å². The van der Waals surface area contributed by atoms with Gasteiger partial charge in [0.15, 0.2) is 5.96 Å². The molecule has 20 heavy (non-hydrogen) atoms. The Balaban J connectivity index is 1.79. The predicted molar refractivity (Wildman–Crippen MR) is 83.1 cm³/mol. The van der Waals surface area contributed by atoms with Gasteiger partial charge in [-0.25, -0.2) is 0 Å². The molecule has 2 rings (SSSR count). The molecule has 1 aromatic carbocycles. The number of guanidine groups is 1. The average molecular weight is 275 g/mol. The maximum absolute atomic E-state index is 5.23. The zero-order valence-electron chi connectivity index (χ0n) is 12.6. The highest BCUT2D eigenvalue weighted by Gasteiger charge is 2.36. The molecule has 110 valence electrons. The molecule has 4 nitrogen and oxygen atoms in total. The number of hydrogen-bond acceptors (Lipinski definition) is 2. The van der Waals surface area contributed by atoms with E-state index in [-0.39, 0.29) is 0 Å². The van der Waals surface area contributed by atoms with E-state index in [1.165, 1.54) is 24.8 Å². The Morgan fingerprint density at radius 1 is 1.45 bits per heavy atom. The fraction of sp³-hybridized carbons (Fsp3) is 0.562. The summed E-state index contributed by atoms with van der Waals surface area (Å²) in [5.74, 6) is 2.60. The molecular weight excluding hydrogens is 250 g/mol. The smallest absolute Gasteiger partial charge is 0.191 e. The lowest BCUT2D eigenvalue weighted by atomic mass is 10.2. The van der Waals surface area contributed by atoms with Crippen LogP contribution in [0, 0.1) is 5.92 Å². The number of ether oxygens (including phenoxy) is 1. The number of nitrogens with zero attached hydrogens (tertiary/aromatic N) is 1. The minimum Gasteiger partial charge on any atom is -0.497 e. The molecule has 1 aliphatic rings. The van der Waals surface area contributed by atoms with Crippen LogP contribution in [-0.4, -0.2) is 26.2 Å². The summed E-state index contributed by atoms with van der Waals surface area (Å²) >= 11 is 0. The monoisotopic (exact) mass is 275 g/mol. The third-order valence-corrected chi connectivity index (χ3v) is 3.72. The van der Waals surface area contributed by atoms with Crippen LogP contribution in [0.25, 0.3) is 0 Å². The first-order chi connectivity index (χ1) is 9.76. The zero-order chi connectivity index (χ0) is 14.4. The molecule has 0 spiro atoms. The quantitative estimate of drug-likeness (QED) is 0.619. The van der Waals surface area contributed by atoms with Gasteiger partial charge in [-0.05, 0) is 36.5 Å². The summed E-state index contributed by atoms with van der Waals surface area (Å²) in [5, 5.41) is 6.84. The van der Waals surface area contributed by atoms with E-state index in [0.717, 1.165) is 24.2 Å². The Labute approximate surface area is 121 Å². The fourth-order valence-electron chi connectivity index (χ4n) is 2.45. The second kappa shape index (κ2) is 7.17. The molecule has 0 aromatic heterocycles. The lowest BCUT2D eigenvalue weighted by Crippen LogP contribution is -2.38. The molecule has 1 fully saturated rings. The first-order valence-electron chi connectivity index (χ1n) is 7.37. The SMILES string of the molecule is CCCC1CC1NC(=NC)NCc1cccc(OC)c1. The van der Waals surface area contributed by atoms with Crippen molar-refractivity contribution in [2.75, 3.05) is 14.2 Å². The number of aliphatic imine (C=N–C) groups is 1. The molecule has 0 aliphatic heterocycles. The molecule has 0 amide bonds. The molecule has 2 atom stereocenters. The molecule has 1 saturated carbocycles. The minimum absolute atomic E-state index is 0.603. The number of nitrogens with one attached hydrogen (secondary N) is 2. The molecule has 1 aromatic rings. The van der Waals surface area contributed by atoms with Crippen molar-refractivity contribution in [1.29, 1.82) is 0 Å². The van der Waals surface area contributed by atoms with Gasteiger partial charge in [-0.3, -0.25) is 4.99 Å². The summed E-state index contributed by atoms with van der Waals surface area (Å²) in [7, 11) is 3.51. The zero-order valence-corrected chi connectivity index (χ0v) is 12.6. The Kier molecular flexibility index (Phi) is 5.27. The van der Waals surface area contributed by atoms with E-state index in [2.05, 4.69) is 28.6 Å². The van der Waals surface area contributed by atoms with Crippen molar-refractivity contribution in [3.8, 4) is 5.75 Å². The molecule has 0 bridgehead atoms. The van der Waals surface area contributed by atoms with E-state index in [1.54, 1.807) is 7.11 Å². The maximum Gasteiger partial charge on any atom is 0.191 e. The van der Waals surface area contributed by atoms with Gasteiger partial charge in [-0.2, -0.15) is 0 Å². The summed E-state index contributed by atoms with van der Waals surface area (Å²) in [5.41, 5.74) is 1.19. The summed E-state index contributed by atoms with van der Waals surface area (Å²) in [6.45, 7) is 2.99. The largest absolute Gasteiger partial charge is 0.497 e. The minimum atomic E-state index is 0.603. The molecule has 2 unspecified atom stereocenters. The van der Waals surface area contributed by atoms with Crippen molar-refractivity contribution in [3.63, 3.8) is 0 Å². The van der Waals surface area contributed by atoms with Gasteiger partial charge in [0.05, 0.1) is 7.11 Å².